The minimum atomic E-state index is -0.122. The van der Waals surface area contributed by atoms with E-state index in [1.54, 1.807) is 0 Å². The number of hydrogen-bond acceptors (Lipinski definition) is 3. The Bertz CT molecular complexity index is 456. The van der Waals surface area contributed by atoms with E-state index in [0.717, 1.165) is 24.4 Å². The first-order valence-electron chi connectivity index (χ1n) is 6.95. The molecule has 0 aliphatic rings. The molecule has 5 nitrogen and oxygen atoms in total. The van der Waals surface area contributed by atoms with E-state index in [-0.39, 0.29) is 11.8 Å². The third kappa shape index (κ3) is 4.80. The van der Waals surface area contributed by atoms with Gasteiger partial charge in [-0.3, -0.25) is 9.48 Å². The van der Waals surface area contributed by atoms with Crippen LogP contribution < -0.4 is 5.32 Å². The fraction of sp³-hybridized carbons (Fsp3) is 0.714. The monoisotopic (exact) mass is 300 g/mol. The number of amides is 1. The lowest BCUT2D eigenvalue weighted by Crippen LogP contribution is -2.33. The van der Waals surface area contributed by atoms with Crippen molar-refractivity contribution in [2.24, 2.45) is 5.92 Å². The van der Waals surface area contributed by atoms with Crippen LogP contribution >= 0.6 is 11.6 Å². The average molecular weight is 301 g/mol. The maximum absolute atomic E-state index is 12.0. The summed E-state index contributed by atoms with van der Waals surface area (Å²) in [7, 11) is 4.05. The lowest BCUT2D eigenvalue weighted by atomic mass is 10.1. The molecular weight excluding hydrogens is 276 g/mol. The molecule has 1 aromatic rings. The molecule has 0 saturated carbocycles. The Labute approximate surface area is 126 Å². The summed E-state index contributed by atoms with van der Waals surface area (Å²) in [6.45, 7) is 7.94. The highest BCUT2D eigenvalue weighted by Gasteiger charge is 2.16. The topological polar surface area (TPSA) is 50.2 Å². The number of nitrogens with one attached hydrogen (secondary N) is 1. The van der Waals surface area contributed by atoms with Gasteiger partial charge in [-0.15, -0.1) is 0 Å². The fourth-order valence-electron chi connectivity index (χ4n) is 1.98. The summed E-state index contributed by atoms with van der Waals surface area (Å²) in [6.07, 6.45) is 0.956. The molecule has 1 N–H and O–H groups in total. The van der Waals surface area contributed by atoms with Crippen molar-refractivity contribution >= 4 is 17.5 Å². The lowest BCUT2D eigenvalue weighted by Gasteiger charge is -2.14. The van der Waals surface area contributed by atoms with Gasteiger partial charge in [-0.05, 0) is 40.9 Å². The van der Waals surface area contributed by atoms with Gasteiger partial charge in [0, 0.05) is 6.54 Å². The van der Waals surface area contributed by atoms with Crippen molar-refractivity contribution in [3.8, 4) is 0 Å². The summed E-state index contributed by atoms with van der Waals surface area (Å²) >= 11 is 6.10. The Hall–Kier alpha value is -1.07. The molecule has 0 aliphatic heterocycles. The smallest absolute Gasteiger partial charge is 0.224 e. The minimum Gasteiger partial charge on any atom is -0.356 e. The van der Waals surface area contributed by atoms with Crippen LogP contribution in [0, 0.1) is 19.8 Å². The number of carbonyl (C=O) groups excluding carboxylic acids is 1. The van der Waals surface area contributed by atoms with Gasteiger partial charge in [0.05, 0.1) is 28.9 Å². The van der Waals surface area contributed by atoms with E-state index in [9.17, 15) is 4.79 Å². The van der Waals surface area contributed by atoms with Gasteiger partial charge in [-0.1, -0.05) is 18.5 Å². The van der Waals surface area contributed by atoms with E-state index in [0.29, 0.717) is 18.1 Å². The van der Waals surface area contributed by atoms with Crippen LogP contribution in [0.2, 0.25) is 5.02 Å². The van der Waals surface area contributed by atoms with Gasteiger partial charge in [0.15, 0.2) is 0 Å². The third-order valence-electron chi connectivity index (χ3n) is 3.27. The second-order valence-corrected chi connectivity index (χ2v) is 5.89. The van der Waals surface area contributed by atoms with Crippen molar-refractivity contribution < 1.29 is 4.79 Å². The van der Waals surface area contributed by atoms with E-state index in [2.05, 4.69) is 15.3 Å². The molecule has 0 radical (unpaired) electrons. The second kappa shape index (κ2) is 7.64. The molecule has 0 bridgehead atoms. The number of aromatic nitrogens is 2. The molecule has 6 heteroatoms. The van der Waals surface area contributed by atoms with Crippen molar-refractivity contribution in [2.45, 2.75) is 33.7 Å². The van der Waals surface area contributed by atoms with Crippen LogP contribution in [0.15, 0.2) is 0 Å². The average Bonchev–Trinajstić information content (AvgIpc) is 2.61. The Balaban J connectivity index is 2.43. The number of halogens is 1. The molecule has 1 unspecified atom stereocenters. The minimum absolute atomic E-state index is 0.0624. The Morgan fingerprint density at radius 1 is 1.45 bits per heavy atom. The standard InChI is InChI=1S/C14H25ClN4O/c1-10(14(20)16-7-6-8-18(4)5)9-19-12(3)13(15)11(2)17-19/h10H,6-9H2,1-5H3,(H,16,20). The molecule has 0 aliphatic carbocycles. The molecule has 0 aromatic carbocycles. The van der Waals surface area contributed by atoms with Crippen molar-refractivity contribution in [3.05, 3.63) is 16.4 Å². The Morgan fingerprint density at radius 3 is 2.60 bits per heavy atom. The molecule has 1 atom stereocenters. The molecule has 0 saturated heterocycles. The van der Waals surface area contributed by atoms with Crippen molar-refractivity contribution in [1.29, 1.82) is 0 Å². The van der Waals surface area contributed by atoms with Crippen LogP contribution in [-0.2, 0) is 11.3 Å². The highest BCUT2D eigenvalue weighted by Crippen LogP contribution is 2.19. The van der Waals surface area contributed by atoms with Crippen molar-refractivity contribution in [1.82, 2.24) is 20.0 Å². The fourth-order valence-corrected chi connectivity index (χ4v) is 2.11. The first-order valence-corrected chi connectivity index (χ1v) is 7.32. The predicted octanol–water partition coefficient (Wildman–Crippen LogP) is 1.86. The van der Waals surface area contributed by atoms with Gasteiger partial charge in [0.2, 0.25) is 5.91 Å². The zero-order valence-corrected chi connectivity index (χ0v) is 13.8. The molecule has 0 fully saturated rings. The van der Waals surface area contributed by atoms with Gasteiger partial charge >= 0.3 is 0 Å². The SMILES string of the molecule is Cc1nn(CC(C)C(=O)NCCCN(C)C)c(C)c1Cl. The zero-order chi connectivity index (χ0) is 15.3. The summed E-state index contributed by atoms with van der Waals surface area (Å²) in [5.41, 5.74) is 1.72. The van der Waals surface area contributed by atoms with E-state index in [1.807, 2.05) is 39.5 Å². The highest BCUT2D eigenvalue weighted by atomic mass is 35.5. The summed E-state index contributed by atoms with van der Waals surface area (Å²) in [5.74, 6) is -0.0594. The highest BCUT2D eigenvalue weighted by molar-refractivity contribution is 6.31. The molecule has 1 heterocycles. The summed E-state index contributed by atoms with van der Waals surface area (Å²) in [5, 5.41) is 7.99. The molecule has 1 rings (SSSR count). The first-order chi connectivity index (χ1) is 9.32. The van der Waals surface area contributed by atoms with Crippen LogP contribution in [0.5, 0.6) is 0 Å². The summed E-state index contributed by atoms with van der Waals surface area (Å²) in [4.78, 5) is 14.1. The number of carbonyl (C=O) groups is 1. The maximum atomic E-state index is 12.0. The number of rotatable bonds is 7. The van der Waals surface area contributed by atoms with Crippen molar-refractivity contribution in [2.75, 3.05) is 27.2 Å². The van der Waals surface area contributed by atoms with Gasteiger partial charge in [-0.2, -0.15) is 5.10 Å². The van der Waals surface area contributed by atoms with Crippen LogP contribution in [0.3, 0.4) is 0 Å². The van der Waals surface area contributed by atoms with Gasteiger partial charge < -0.3 is 10.2 Å². The summed E-state index contributed by atoms with van der Waals surface area (Å²) < 4.78 is 1.81. The summed E-state index contributed by atoms with van der Waals surface area (Å²) in [6, 6.07) is 0. The molecule has 0 spiro atoms. The number of aryl methyl sites for hydroxylation is 1. The zero-order valence-electron chi connectivity index (χ0n) is 13.0. The maximum Gasteiger partial charge on any atom is 0.224 e. The Morgan fingerprint density at radius 2 is 2.10 bits per heavy atom. The first kappa shape index (κ1) is 17.0. The lowest BCUT2D eigenvalue weighted by molar-refractivity contribution is -0.124. The van der Waals surface area contributed by atoms with Crippen molar-refractivity contribution in [3.63, 3.8) is 0 Å². The predicted molar refractivity (Wildman–Crippen MR) is 82.1 cm³/mol. The molecule has 1 aromatic heterocycles. The number of nitrogens with zero attached hydrogens (tertiary/aromatic N) is 3. The molecular formula is C14H25ClN4O. The largest absolute Gasteiger partial charge is 0.356 e. The van der Waals surface area contributed by atoms with Gasteiger partial charge in [0.25, 0.3) is 0 Å². The van der Waals surface area contributed by atoms with E-state index < -0.39 is 0 Å². The van der Waals surface area contributed by atoms with E-state index in [4.69, 9.17) is 11.6 Å². The third-order valence-corrected chi connectivity index (χ3v) is 3.82. The van der Waals surface area contributed by atoms with Crippen LogP contribution in [0.4, 0.5) is 0 Å². The van der Waals surface area contributed by atoms with Crippen LogP contribution in [0.25, 0.3) is 0 Å². The molecule has 1 amide bonds. The normalized spacial score (nSPS) is 12.8. The second-order valence-electron chi connectivity index (χ2n) is 5.52. The Kier molecular flexibility index (Phi) is 6.49. The van der Waals surface area contributed by atoms with Gasteiger partial charge in [-0.25, -0.2) is 0 Å². The number of hydrogen-bond donors (Lipinski definition) is 1. The van der Waals surface area contributed by atoms with Crippen LogP contribution in [0.1, 0.15) is 24.7 Å². The van der Waals surface area contributed by atoms with Crippen LogP contribution in [-0.4, -0.2) is 47.8 Å². The van der Waals surface area contributed by atoms with E-state index in [1.165, 1.54) is 0 Å². The molecule has 114 valence electrons. The van der Waals surface area contributed by atoms with Gasteiger partial charge in [0.1, 0.15) is 0 Å². The van der Waals surface area contributed by atoms with E-state index >= 15 is 0 Å². The molecule has 20 heavy (non-hydrogen) atoms. The quantitative estimate of drug-likeness (QED) is 0.782.